The molecule has 0 aliphatic rings. The Morgan fingerprint density at radius 1 is 1.35 bits per heavy atom. The molecule has 0 unspecified atom stereocenters. The van der Waals surface area contributed by atoms with E-state index in [9.17, 15) is 9.18 Å². The number of carboxylic acid groups (broad SMARTS) is 1. The summed E-state index contributed by atoms with van der Waals surface area (Å²) in [6, 6.07) is 4.56. The smallest absolute Gasteiger partial charge is 0.355 e. The Morgan fingerprint density at radius 3 is 2.59 bits per heavy atom. The van der Waals surface area contributed by atoms with Gasteiger partial charge in [-0.1, -0.05) is 0 Å². The SMILES string of the molecule is Cc1cc(F)cc(-c2nc(C(=O)O)c(C)s2)c1. The zero-order valence-electron chi connectivity index (χ0n) is 9.32. The number of rotatable bonds is 2. The molecule has 0 radical (unpaired) electrons. The summed E-state index contributed by atoms with van der Waals surface area (Å²) in [7, 11) is 0. The van der Waals surface area contributed by atoms with Gasteiger partial charge in [0.2, 0.25) is 0 Å². The number of halogens is 1. The van der Waals surface area contributed by atoms with Crippen molar-refractivity contribution in [3.8, 4) is 10.6 Å². The second-order valence-electron chi connectivity index (χ2n) is 3.75. The van der Waals surface area contributed by atoms with Gasteiger partial charge in [0.1, 0.15) is 10.8 Å². The van der Waals surface area contributed by atoms with Gasteiger partial charge in [-0.3, -0.25) is 0 Å². The van der Waals surface area contributed by atoms with Crippen molar-refractivity contribution in [3.63, 3.8) is 0 Å². The van der Waals surface area contributed by atoms with E-state index in [0.29, 0.717) is 15.4 Å². The average Bonchev–Trinajstić information content (AvgIpc) is 2.59. The third kappa shape index (κ3) is 2.34. The first-order valence-corrected chi connectivity index (χ1v) is 5.77. The number of thiazole rings is 1. The van der Waals surface area contributed by atoms with E-state index >= 15 is 0 Å². The zero-order chi connectivity index (χ0) is 12.6. The van der Waals surface area contributed by atoms with Gasteiger partial charge in [-0.2, -0.15) is 0 Å². The molecular weight excluding hydrogens is 241 g/mol. The first-order chi connectivity index (χ1) is 7.97. The highest BCUT2D eigenvalue weighted by Crippen LogP contribution is 2.28. The second-order valence-corrected chi connectivity index (χ2v) is 4.95. The molecule has 17 heavy (non-hydrogen) atoms. The highest BCUT2D eigenvalue weighted by atomic mass is 32.1. The van der Waals surface area contributed by atoms with Gasteiger partial charge in [0.15, 0.2) is 5.69 Å². The number of aryl methyl sites for hydroxylation is 2. The molecule has 2 aromatic rings. The molecule has 0 aliphatic heterocycles. The number of aromatic carboxylic acids is 1. The lowest BCUT2D eigenvalue weighted by molar-refractivity contribution is 0.0690. The zero-order valence-corrected chi connectivity index (χ0v) is 10.1. The van der Waals surface area contributed by atoms with Crippen LogP contribution in [0.5, 0.6) is 0 Å². The number of hydrogen-bond acceptors (Lipinski definition) is 3. The number of nitrogens with zero attached hydrogens (tertiary/aromatic N) is 1. The van der Waals surface area contributed by atoms with E-state index in [1.165, 1.54) is 23.5 Å². The highest BCUT2D eigenvalue weighted by Gasteiger charge is 2.15. The van der Waals surface area contributed by atoms with Crippen molar-refractivity contribution in [2.75, 3.05) is 0 Å². The minimum absolute atomic E-state index is 0.0342. The van der Waals surface area contributed by atoms with E-state index in [1.54, 1.807) is 19.9 Å². The number of aromatic nitrogens is 1. The molecule has 0 spiro atoms. The molecule has 1 heterocycles. The maximum Gasteiger partial charge on any atom is 0.355 e. The molecule has 0 saturated carbocycles. The van der Waals surface area contributed by atoms with Crippen LogP contribution in [0.2, 0.25) is 0 Å². The molecule has 0 atom stereocenters. The van der Waals surface area contributed by atoms with E-state index in [0.717, 1.165) is 5.56 Å². The van der Waals surface area contributed by atoms with Crippen molar-refractivity contribution in [1.82, 2.24) is 4.98 Å². The van der Waals surface area contributed by atoms with E-state index in [1.807, 2.05) is 0 Å². The molecule has 3 nitrogen and oxygen atoms in total. The average molecular weight is 251 g/mol. The largest absolute Gasteiger partial charge is 0.476 e. The van der Waals surface area contributed by atoms with Gasteiger partial charge in [0.05, 0.1) is 0 Å². The third-order valence-corrected chi connectivity index (χ3v) is 3.31. The summed E-state index contributed by atoms with van der Waals surface area (Å²) in [4.78, 5) is 15.5. The van der Waals surface area contributed by atoms with Gasteiger partial charge < -0.3 is 5.11 Å². The second kappa shape index (κ2) is 4.25. The van der Waals surface area contributed by atoms with Crippen molar-refractivity contribution in [2.24, 2.45) is 0 Å². The highest BCUT2D eigenvalue weighted by molar-refractivity contribution is 7.15. The van der Waals surface area contributed by atoms with Gasteiger partial charge in [0, 0.05) is 10.4 Å². The van der Waals surface area contributed by atoms with Crippen LogP contribution in [0, 0.1) is 19.7 Å². The van der Waals surface area contributed by atoms with Crippen molar-refractivity contribution in [1.29, 1.82) is 0 Å². The lowest BCUT2D eigenvalue weighted by atomic mass is 10.1. The van der Waals surface area contributed by atoms with Gasteiger partial charge in [0.25, 0.3) is 0 Å². The normalized spacial score (nSPS) is 10.5. The van der Waals surface area contributed by atoms with E-state index in [2.05, 4.69) is 4.98 Å². The fourth-order valence-corrected chi connectivity index (χ4v) is 2.47. The minimum Gasteiger partial charge on any atom is -0.476 e. The summed E-state index contributed by atoms with van der Waals surface area (Å²) in [5.41, 5.74) is 1.43. The van der Waals surface area contributed by atoms with Crippen LogP contribution in [-0.4, -0.2) is 16.1 Å². The molecule has 1 aromatic carbocycles. The van der Waals surface area contributed by atoms with Crippen LogP contribution in [0.1, 0.15) is 20.9 Å². The summed E-state index contributed by atoms with van der Waals surface area (Å²) in [5, 5.41) is 9.44. The molecule has 88 valence electrons. The van der Waals surface area contributed by atoms with E-state index in [-0.39, 0.29) is 11.5 Å². The summed E-state index contributed by atoms with van der Waals surface area (Å²) >= 11 is 1.25. The Balaban J connectivity index is 2.53. The minimum atomic E-state index is -1.06. The third-order valence-electron chi connectivity index (χ3n) is 2.29. The number of carbonyl (C=O) groups is 1. The molecule has 0 bridgehead atoms. The number of carboxylic acids is 1. The van der Waals surface area contributed by atoms with E-state index < -0.39 is 5.97 Å². The van der Waals surface area contributed by atoms with E-state index in [4.69, 9.17) is 5.11 Å². The summed E-state index contributed by atoms with van der Waals surface area (Å²) < 4.78 is 13.2. The Labute approximate surface area is 102 Å². The Kier molecular flexibility index (Phi) is 2.93. The fourth-order valence-electron chi connectivity index (χ4n) is 1.58. The van der Waals surface area contributed by atoms with Crippen molar-refractivity contribution < 1.29 is 14.3 Å². The van der Waals surface area contributed by atoms with Gasteiger partial charge in [-0.15, -0.1) is 11.3 Å². The predicted molar refractivity (Wildman–Crippen MR) is 63.9 cm³/mol. The molecule has 5 heteroatoms. The molecule has 1 N–H and O–H groups in total. The Bertz CT molecular complexity index is 572. The fraction of sp³-hybridized carbons (Fsp3) is 0.167. The van der Waals surface area contributed by atoms with Gasteiger partial charge in [-0.05, 0) is 37.6 Å². The van der Waals surface area contributed by atoms with Crippen LogP contribution in [-0.2, 0) is 0 Å². The quantitative estimate of drug-likeness (QED) is 0.891. The van der Waals surface area contributed by atoms with Crippen LogP contribution >= 0.6 is 11.3 Å². The molecule has 1 aromatic heterocycles. The topological polar surface area (TPSA) is 50.2 Å². The Hall–Kier alpha value is -1.75. The summed E-state index contributed by atoms with van der Waals surface area (Å²) in [5.74, 6) is -1.40. The lowest BCUT2D eigenvalue weighted by Gasteiger charge is -1.98. The molecule has 0 aliphatic carbocycles. The van der Waals surface area contributed by atoms with Gasteiger partial charge >= 0.3 is 5.97 Å². The van der Waals surface area contributed by atoms with Crippen molar-refractivity contribution in [2.45, 2.75) is 13.8 Å². The monoisotopic (exact) mass is 251 g/mol. The van der Waals surface area contributed by atoms with Crippen LogP contribution in [0.3, 0.4) is 0 Å². The first kappa shape index (κ1) is 11.7. The molecule has 0 fully saturated rings. The molecule has 2 rings (SSSR count). The predicted octanol–water partition coefficient (Wildman–Crippen LogP) is 3.26. The Morgan fingerprint density at radius 2 is 2.06 bits per heavy atom. The molecule has 0 saturated heterocycles. The lowest BCUT2D eigenvalue weighted by Crippen LogP contribution is -1.98. The summed E-state index contributed by atoms with van der Waals surface area (Å²) in [6.45, 7) is 3.47. The van der Waals surface area contributed by atoms with Crippen LogP contribution in [0.25, 0.3) is 10.6 Å². The van der Waals surface area contributed by atoms with Crippen LogP contribution in [0.4, 0.5) is 4.39 Å². The summed E-state index contributed by atoms with van der Waals surface area (Å²) in [6.07, 6.45) is 0. The standard InChI is InChI=1S/C12H10FNO2S/c1-6-3-8(5-9(13)4-6)11-14-10(12(15)16)7(2)17-11/h3-5H,1-2H3,(H,15,16). The van der Waals surface area contributed by atoms with Gasteiger partial charge in [-0.25, -0.2) is 14.2 Å². The van der Waals surface area contributed by atoms with Crippen molar-refractivity contribution >= 4 is 17.3 Å². The number of hydrogen-bond donors (Lipinski definition) is 1. The maximum atomic E-state index is 13.2. The first-order valence-electron chi connectivity index (χ1n) is 4.95. The maximum absolute atomic E-state index is 13.2. The molecule has 0 amide bonds. The molecular formula is C12H10FNO2S. The van der Waals surface area contributed by atoms with Crippen LogP contribution < -0.4 is 0 Å². The number of benzene rings is 1. The van der Waals surface area contributed by atoms with Crippen LogP contribution in [0.15, 0.2) is 18.2 Å². The van der Waals surface area contributed by atoms with Crippen molar-refractivity contribution in [3.05, 3.63) is 40.2 Å².